The largest absolute Gasteiger partial charge is 0.494 e. The maximum absolute atomic E-state index is 5.78. The van der Waals surface area contributed by atoms with Crippen LogP contribution in [0.5, 0.6) is 17.2 Å². The van der Waals surface area contributed by atoms with Crippen molar-refractivity contribution >= 4 is 5.69 Å². The molecular weight excluding hydrogens is 326 g/mol. The van der Waals surface area contributed by atoms with Gasteiger partial charge < -0.3 is 19.5 Å². The van der Waals surface area contributed by atoms with Gasteiger partial charge in [-0.05, 0) is 42.8 Å². The first-order valence-corrected chi connectivity index (χ1v) is 9.56. The second-order valence-corrected chi connectivity index (χ2v) is 6.21. The summed E-state index contributed by atoms with van der Waals surface area (Å²) in [5.74, 6) is 2.44. The van der Waals surface area contributed by atoms with Gasteiger partial charge in [-0.25, -0.2) is 0 Å². The molecule has 0 aromatic heterocycles. The summed E-state index contributed by atoms with van der Waals surface area (Å²) in [7, 11) is 1.65. The lowest BCUT2D eigenvalue weighted by atomic mass is 10.2. The summed E-state index contributed by atoms with van der Waals surface area (Å²) in [6.45, 7) is 4.31. The zero-order valence-corrected chi connectivity index (χ0v) is 16.0. The number of benzene rings is 2. The van der Waals surface area contributed by atoms with Crippen molar-refractivity contribution in [2.75, 3.05) is 32.2 Å². The van der Waals surface area contributed by atoms with E-state index in [0.29, 0.717) is 6.61 Å². The summed E-state index contributed by atoms with van der Waals surface area (Å²) < 4.78 is 16.8. The first-order chi connectivity index (χ1) is 12.8. The Morgan fingerprint density at radius 1 is 0.769 bits per heavy atom. The van der Waals surface area contributed by atoms with Crippen LogP contribution in [0.2, 0.25) is 0 Å². The SMILES string of the molecule is CCCCCCCOc1ccc(NCCOc2ccccc2OC)cc1. The molecule has 0 aliphatic heterocycles. The van der Waals surface area contributed by atoms with Gasteiger partial charge in [-0.15, -0.1) is 0 Å². The molecule has 0 atom stereocenters. The quantitative estimate of drug-likeness (QED) is 0.478. The standard InChI is InChI=1S/C22H31NO3/c1-3-4-5-6-9-17-25-20-14-12-19(13-15-20)23-16-18-26-22-11-8-7-10-21(22)24-2/h7-8,10-15,23H,3-6,9,16-18H2,1-2H3. The number of ether oxygens (including phenoxy) is 3. The molecular formula is C22H31NO3. The number of nitrogens with one attached hydrogen (secondary N) is 1. The molecule has 0 bridgehead atoms. The van der Waals surface area contributed by atoms with E-state index in [1.54, 1.807) is 7.11 Å². The van der Waals surface area contributed by atoms with Crippen LogP contribution in [0.25, 0.3) is 0 Å². The molecule has 142 valence electrons. The molecule has 4 heteroatoms. The van der Waals surface area contributed by atoms with Crippen LogP contribution < -0.4 is 19.5 Å². The highest BCUT2D eigenvalue weighted by Gasteiger charge is 2.02. The molecule has 0 spiro atoms. The molecule has 0 unspecified atom stereocenters. The van der Waals surface area contributed by atoms with E-state index in [1.807, 2.05) is 48.5 Å². The maximum atomic E-state index is 5.78. The minimum absolute atomic E-state index is 0.566. The Balaban J connectivity index is 1.63. The minimum Gasteiger partial charge on any atom is -0.494 e. The molecule has 1 N–H and O–H groups in total. The van der Waals surface area contributed by atoms with E-state index in [9.17, 15) is 0 Å². The van der Waals surface area contributed by atoms with Crippen molar-refractivity contribution in [3.63, 3.8) is 0 Å². The summed E-state index contributed by atoms with van der Waals surface area (Å²) in [5.41, 5.74) is 1.06. The number of hydrogen-bond donors (Lipinski definition) is 1. The Bertz CT molecular complexity index is 613. The Morgan fingerprint density at radius 3 is 2.23 bits per heavy atom. The van der Waals surface area contributed by atoms with Gasteiger partial charge in [0.15, 0.2) is 11.5 Å². The lowest BCUT2D eigenvalue weighted by Crippen LogP contribution is -2.11. The van der Waals surface area contributed by atoms with Crippen LogP contribution in [0, 0.1) is 0 Å². The molecule has 2 rings (SSSR count). The number of methoxy groups -OCH3 is 1. The minimum atomic E-state index is 0.566. The van der Waals surface area contributed by atoms with Gasteiger partial charge >= 0.3 is 0 Å². The van der Waals surface area contributed by atoms with Crippen molar-refractivity contribution in [2.45, 2.75) is 39.0 Å². The summed E-state index contributed by atoms with van der Waals surface area (Å²) in [5, 5.41) is 3.35. The van der Waals surface area contributed by atoms with Crippen LogP contribution >= 0.6 is 0 Å². The maximum Gasteiger partial charge on any atom is 0.161 e. The molecule has 4 nitrogen and oxygen atoms in total. The highest BCUT2D eigenvalue weighted by molar-refractivity contribution is 5.46. The molecule has 0 heterocycles. The Kier molecular flexibility index (Phi) is 9.26. The summed E-state index contributed by atoms with van der Waals surface area (Å²) in [6, 6.07) is 15.8. The molecule has 0 radical (unpaired) electrons. The zero-order valence-electron chi connectivity index (χ0n) is 16.0. The van der Waals surface area contributed by atoms with Crippen molar-refractivity contribution in [2.24, 2.45) is 0 Å². The topological polar surface area (TPSA) is 39.7 Å². The van der Waals surface area contributed by atoms with Gasteiger partial charge in [0.05, 0.1) is 13.7 Å². The van der Waals surface area contributed by atoms with Crippen LogP contribution in [-0.2, 0) is 0 Å². The summed E-state index contributed by atoms with van der Waals surface area (Å²) >= 11 is 0. The Hall–Kier alpha value is -2.36. The number of rotatable bonds is 13. The van der Waals surface area contributed by atoms with Crippen LogP contribution in [0.4, 0.5) is 5.69 Å². The molecule has 0 saturated heterocycles. The molecule has 26 heavy (non-hydrogen) atoms. The summed E-state index contributed by atoms with van der Waals surface area (Å²) in [4.78, 5) is 0. The van der Waals surface area contributed by atoms with Crippen LogP contribution in [0.3, 0.4) is 0 Å². The average Bonchev–Trinajstić information content (AvgIpc) is 2.69. The zero-order chi connectivity index (χ0) is 18.5. The first kappa shape index (κ1) is 20.0. The fourth-order valence-corrected chi connectivity index (χ4v) is 2.66. The fourth-order valence-electron chi connectivity index (χ4n) is 2.66. The third-order valence-electron chi connectivity index (χ3n) is 4.13. The van der Waals surface area contributed by atoms with Crippen molar-refractivity contribution in [1.82, 2.24) is 0 Å². The van der Waals surface area contributed by atoms with E-state index >= 15 is 0 Å². The predicted molar refractivity (Wildman–Crippen MR) is 108 cm³/mol. The van der Waals surface area contributed by atoms with Gasteiger partial charge in [0, 0.05) is 12.2 Å². The van der Waals surface area contributed by atoms with Gasteiger partial charge in [-0.2, -0.15) is 0 Å². The smallest absolute Gasteiger partial charge is 0.161 e. The lowest BCUT2D eigenvalue weighted by Gasteiger charge is -2.12. The number of unbranched alkanes of at least 4 members (excludes halogenated alkanes) is 4. The highest BCUT2D eigenvalue weighted by atomic mass is 16.5. The van der Waals surface area contributed by atoms with Crippen LogP contribution in [-0.4, -0.2) is 26.9 Å². The van der Waals surface area contributed by atoms with E-state index in [2.05, 4.69) is 12.2 Å². The van der Waals surface area contributed by atoms with Crippen LogP contribution in [0.15, 0.2) is 48.5 Å². The van der Waals surface area contributed by atoms with Gasteiger partial charge in [0.2, 0.25) is 0 Å². The molecule has 0 amide bonds. The third-order valence-corrected chi connectivity index (χ3v) is 4.13. The monoisotopic (exact) mass is 357 g/mol. The molecule has 0 saturated carbocycles. The average molecular weight is 357 g/mol. The van der Waals surface area contributed by atoms with Gasteiger partial charge in [0.1, 0.15) is 12.4 Å². The van der Waals surface area contributed by atoms with Gasteiger partial charge in [-0.3, -0.25) is 0 Å². The van der Waals surface area contributed by atoms with Crippen molar-refractivity contribution < 1.29 is 14.2 Å². The lowest BCUT2D eigenvalue weighted by molar-refractivity contribution is 0.304. The third kappa shape index (κ3) is 7.26. The number of para-hydroxylation sites is 2. The Labute approximate surface area is 157 Å². The van der Waals surface area contributed by atoms with E-state index in [1.165, 1.54) is 25.7 Å². The molecule has 2 aromatic rings. The van der Waals surface area contributed by atoms with E-state index in [0.717, 1.165) is 42.5 Å². The first-order valence-electron chi connectivity index (χ1n) is 9.56. The normalized spacial score (nSPS) is 10.4. The van der Waals surface area contributed by atoms with Crippen molar-refractivity contribution in [3.05, 3.63) is 48.5 Å². The van der Waals surface area contributed by atoms with Crippen LogP contribution in [0.1, 0.15) is 39.0 Å². The Morgan fingerprint density at radius 2 is 1.50 bits per heavy atom. The number of anilines is 1. The van der Waals surface area contributed by atoms with Crippen molar-refractivity contribution in [1.29, 1.82) is 0 Å². The highest BCUT2D eigenvalue weighted by Crippen LogP contribution is 2.25. The second-order valence-electron chi connectivity index (χ2n) is 6.21. The number of hydrogen-bond acceptors (Lipinski definition) is 4. The fraction of sp³-hybridized carbons (Fsp3) is 0.455. The second kappa shape index (κ2) is 12.1. The molecule has 0 aliphatic carbocycles. The van der Waals surface area contributed by atoms with Gasteiger partial charge in [-0.1, -0.05) is 44.7 Å². The van der Waals surface area contributed by atoms with E-state index in [4.69, 9.17) is 14.2 Å². The van der Waals surface area contributed by atoms with Crippen molar-refractivity contribution in [3.8, 4) is 17.2 Å². The van der Waals surface area contributed by atoms with Gasteiger partial charge in [0.25, 0.3) is 0 Å². The summed E-state index contributed by atoms with van der Waals surface area (Å²) in [6.07, 6.45) is 6.28. The molecule has 2 aromatic carbocycles. The van der Waals surface area contributed by atoms with E-state index < -0.39 is 0 Å². The molecule has 0 aliphatic rings. The molecule has 0 fully saturated rings. The predicted octanol–water partition coefficient (Wildman–Crippen LogP) is 5.54. The van der Waals surface area contributed by atoms with E-state index in [-0.39, 0.29) is 0 Å².